The van der Waals surface area contributed by atoms with Crippen LogP contribution in [0.4, 0.5) is 0 Å². The lowest BCUT2D eigenvalue weighted by Gasteiger charge is -2.19. The first-order valence-electron chi connectivity index (χ1n) is 7.89. The van der Waals surface area contributed by atoms with Crippen LogP contribution in [0.3, 0.4) is 0 Å². The normalized spacial score (nSPS) is 10.4. The predicted octanol–water partition coefficient (Wildman–Crippen LogP) is 0.882. The van der Waals surface area contributed by atoms with E-state index in [0.717, 1.165) is 10.9 Å². The van der Waals surface area contributed by atoms with E-state index in [1.807, 2.05) is 31.2 Å². The minimum Gasteiger partial charge on any atom is -0.360 e. The lowest BCUT2D eigenvalue weighted by Crippen LogP contribution is -2.40. The molecule has 0 saturated heterocycles. The van der Waals surface area contributed by atoms with Gasteiger partial charge in [0.25, 0.3) is 5.91 Å². The van der Waals surface area contributed by atoms with Crippen LogP contribution in [0, 0.1) is 0 Å². The average molecular weight is 330 g/mol. The number of hydrogen-bond donors (Lipinski definition) is 3. The summed E-state index contributed by atoms with van der Waals surface area (Å²) >= 11 is 0. The van der Waals surface area contributed by atoms with Crippen molar-refractivity contribution in [3.63, 3.8) is 0 Å². The van der Waals surface area contributed by atoms with Crippen molar-refractivity contribution in [2.45, 2.75) is 13.3 Å². The summed E-state index contributed by atoms with van der Waals surface area (Å²) in [6, 6.07) is 7.53. The predicted molar refractivity (Wildman–Crippen MR) is 91.6 cm³/mol. The van der Waals surface area contributed by atoms with Crippen LogP contribution in [0.2, 0.25) is 0 Å². The largest absolute Gasteiger partial charge is 0.360 e. The van der Waals surface area contributed by atoms with Gasteiger partial charge in [0.15, 0.2) is 0 Å². The molecule has 0 atom stereocenters. The molecule has 2 rings (SSSR count). The molecule has 3 N–H and O–H groups in total. The molecule has 0 fully saturated rings. The molecule has 0 bridgehead atoms. The van der Waals surface area contributed by atoms with Gasteiger partial charge in [0.2, 0.25) is 11.8 Å². The minimum atomic E-state index is -0.227. The number of likely N-dealkylation sites (N-methyl/N-ethyl adjacent to an activating group) is 2. The molecule has 7 heteroatoms. The van der Waals surface area contributed by atoms with Gasteiger partial charge in [0, 0.05) is 43.7 Å². The topological polar surface area (TPSA) is 94.3 Å². The molecule has 128 valence electrons. The molecule has 0 spiro atoms. The fourth-order valence-corrected chi connectivity index (χ4v) is 2.42. The highest BCUT2D eigenvalue weighted by molar-refractivity contribution is 6.06. The molecule has 0 saturated carbocycles. The number of nitrogens with one attached hydrogen (secondary N) is 3. The Morgan fingerprint density at radius 3 is 2.67 bits per heavy atom. The smallest absolute Gasteiger partial charge is 0.253 e. The summed E-state index contributed by atoms with van der Waals surface area (Å²) in [4.78, 5) is 40.2. The number of fused-ring (bicyclic) bond motifs is 1. The van der Waals surface area contributed by atoms with Crippen molar-refractivity contribution in [3.05, 3.63) is 36.0 Å². The maximum atomic E-state index is 12.2. The second-order valence-corrected chi connectivity index (χ2v) is 5.33. The Morgan fingerprint density at radius 1 is 1.21 bits per heavy atom. The number of amides is 3. The van der Waals surface area contributed by atoms with Crippen LogP contribution in [0.5, 0.6) is 0 Å². The molecule has 3 amide bonds. The standard InChI is InChI=1S/C17H22N4O3/c1-3-21(11-15(22)18-2)16(23)8-9-19-17(24)13-10-20-14-7-5-4-6-12(13)14/h4-7,10,20H,3,8-9,11H2,1-2H3,(H,18,22)(H,19,24). The van der Waals surface area contributed by atoms with Crippen LogP contribution in [0.15, 0.2) is 30.5 Å². The van der Waals surface area contributed by atoms with Gasteiger partial charge in [-0.15, -0.1) is 0 Å². The van der Waals surface area contributed by atoms with Gasteiger partial charge in [-0.2, -0.15) is 0 Å². The highest BCUT2D eigenvalue weighted by Crippen LogP contribution is 2.17. The van der Waals surface area contributed by atoms with E-state index in [2.05, 4.69) is 15.6 Å². The summed E-state index contributed by atoms with van der Waals surface area (Å²) in [5.41, 5.74) is 1.44. The Hall–Kier alpha value is -2.83. The van der Waals surface area contributed by atoms with Crippen molar-refractivity contribution in [2.24, 2.45) is 0 Å². The highest BCUT2D eigenvalue weighted by Gasteiger charge is 2.16. The van der Waals surface area contributed by atoms with Crippen molar-refractivity contribution in [1.82, 2.24) is 20.5 Å². The highest BCUT2D eigenvalue weighted by atomic mass is 16.2. The molecule has 7 nitrogen and oxygen atoms in total. The second-order valence-electron chi connectivity index (χ2n) is 5.33. The van der Waals surface area contributed by atoms with E-state index in [4.69, 9.17) is 0 Å². The first-order valence-corrected chi connectivity index (χ1v) is 7.89. The monoisotopic (exact) mass is 330 g/mol. The number of carbonyl (C=O) groups excluding carboxylic acids is 3. The van der Waals surface area contributed by atoms with Crippen LogP contribution in [-0.4, -0.2) is 54.3 Å². The zero-order valence-electron chi connectivity index (χ0n) is 13.9. The Balaban J connectivity index is 1.88. The second kappa shape index (κ2) is 8.14. The number of para-hydroxylation sites is 1. The van der Waals surface area contributed by atoms with E-state index < -0.39 is 0 Å². The number of aromatic nitrogens is 1. The third-order valence-electron chi connectivity index (χ3n) is 3.81. The number of nitrogens with zero attached hydrogens (tertiary/aromatic N) is 1. The molecular formula is C17H22N4O3. The van der Waals surface area contributed by atoms with E-state index in [1.54, 1.807) is 6.20 Å². The summed E-state index contributed by atoms with van der Waals surface area (Å²) in [6.07, 6.45) is 1.81. The Bertz CT molecular complexity index is 738. The Labute approximate surface area is 140 Å². The van der Waals surface area contributed by atoms with Gasteiger partial charge in [0.05, 0.1) is 12.1 Å². The molecule has 2 aromatic rings. The van der Waals surface area contributed by atoms with Crippen LogP contribution in [0.25, 0.3) is 10.9 Å². The zero-order chi connectivity index (χ0) is 17.5. The van der Waals surface area contributed by atoms with E-state index in [-0.39, 0.29) is 37.2 Å². The summed E-state index contributed by atoms with van der Waals surface area (Å²) in [7, 11) is 1.53. The molecule has 0 aliphatic rings. The van der Waals surface area contributed by atoms with Crippen molar-refractivity contribution < 1.29 is 14.4 Å². The minimum absolute atomic E-state index is 0.0300. The lowest BCUT2D eigenvalue weighted by molar-refractivity contribution is -0.135. The lowest BCUT2D eigenvalue weighted by atomic mass is 10.1. The van der Waals surface area contributed by atoms with Gasteiger partial charge < -0.3 is 20.5 Å². The molecule has 0 aliphatic heterocycles. The molecule has 1 aromatic carbocycles. The molecule has 1 aromatic heterocycles. The van der Waals surface area contributed by atoms with Gasteiger partial charge in [-0.25, -0.2) is 0 Å². The van der Waals surface area contributed by atoms with Crippen LogP contribution in [-0.2, 0) is 9.59 Å². The van der Waals surface area contributed by atoms with Crippen molar-refractivity contribution in [1.29, 1.82) is 0 Å². The SMILES string of the molecule is CCN(CC(=O)NC)C(=O)CCNC(=O)c1c[nH]c2ccccc12. The molecule has 1 heterocycles. The average Bonchev–Trinajstić information content (AvgIpc) is 3.03. The number of benzene rings is 1. The number of H-pyrrole nitrogens is 1. The van der Waals surface area contributed by atoms with Gasteiger partial charge in [-0.3, -0.25) is 14.4 Å². The Kier molecular flexibility index (Phi) is 5.95. The van der Waals surface area contributed by atoms with E-state index >= 15 is 0 Å². The van der Waals surface area contributed by atoms with E-state index in [9.17, 15) is 14.4 Å². The Morgan fingerprint density at radius 2 is 1.96 bits per heavy atom. The number of carbonyl (C=O) groups is 3. The summed E-state index contributed by atoms with van der Waals surface area (Å²) in [6.45, 7) is 2.51. The van der Waals surface area contributed by atoms with Gasteiger partial charge in [-0.1, -0.05) is 18.2 Å². The maximum absolute atomic E-state index is 12.2. The van der Waals surface area contributed by atoms with E-state index in [0.29, 0.717) is 12.1 Å². The molecule has 0 unspecified atom stereocenters. The van der Waals surface area contributed by atoms with Gasteiger partial charge in [0.1, 0.15) is 0 Å². The van der Waals surface area contributed by atoms with Gasteiger partial charge in [-0.05, 0) is 13.0 Å². The third kappa shape index (κ3) is 4.13. The fraction of sp³-hybridized carbons (Fsp3) is 0.353. The first-order chi connectivity index (χ1) is 11.6. The zero-order valence-corrected chi connectivity index (χ0v) is 13.9. The summed E-state index contributed by atoms with van der Waals surface area (Å²) in [5, 5.41) is 6.08. The fourth-order valence-electron chi connectivity index (χ4n) is 2.42. The number of hydrogen-bond acceptors (Lipinski definition) is 3. The molecule has 24 heavy (non-hydrogen) atoms. The van der Waals surface area contributed by atoms with Crippen molar-refractivity contribution in [3.8, 4) is 0 Å². The number of rotatable bonds is 7. The summed E-state index contributed by atoms with van der Waals surface area (Å²) < 4.78 is 0. The summed E-state index contributed by atoms with van der Waals surface area (Å²) in [5.74, 6) is -0.608. The van der Waals surface area contributed by atoms with Crippen molar-refractivity contribution in [2.75, 3.05) is 26.7 Å². The molecular weight excluding hydrogens is 308 g/mol. The molecule has 0 aliphatic carbocycles. The van der Waals surface area contributed by atoms with Crippen molar-refractivity contribution >= 4 is 28.6 Å². The van der Waals surface area contributed by atoms with E-state index in [1.165, 1.54) is 11.9 Å². The third-order valence-corrected chi connectivity index (χ3v) is 3.81. The molecule has 0 radical (unpaired) electrons. The first kappa shape index (κ1) is 17.5. The van der Waals surface area contributed by atoms with Crippen LogP contribution < -0.4 is 10.6 Å². The quantitative estimate of drug-likeness (QED) is 0.703. The maximum Gasteiger partial charge on any atom is 0.253 e. The number of aromatic amines is 1. The van der Waals surface area contributed by atoms with Crippen LogP contribution in [0.1, 0.15) is 23.7 Å². The van der Waals surface area contributed by atoms with Gasteiger partial charge >= 0.3 is 0 Å². The van der Waals surface area contributed by atoms with Crippen LogP contribution >= 0.6 is 0 Å².